The fourth-order valence-corrected chi connectivity index (χ4v) is 1.68. The van der Waals surface area contributed by atoms with Crippen molar-refractivity contribution in [2.24, 2.45) is 0 Å². The van der Waals surface area contributed by atoms with Gasteiger partial charge in [0.25, 0.3) is 0 Å². The van der Waals surface area contributed by atoms with Crippen LogP contribution in [0.4, 0.5) is 13.2 Å². The lowest BCUT2D eigenvalue weighted by atomic mass is 10.0. The van der Waals surface area contributed by atoms with Crippen LogP contribution >= 0.6 is 0 Å². The summed E-state index contributed by atoms with van der Waals surface area (Å²) in [4.78, 5) is 21.4. The van der Waals surface area contributed by atoms with Crippen LogP contribution in [0.25, 0.3) is 0 Å². The van der Waals surface area contributed by atoms with E-state index < -0.39 is 29.8 Å². The Bertz CT molecular complexity index is 488. The second-order valence-corrected chi connectivity index (χ2v) is 4.42. The average Bonchev–Trinajstić information content (AvgIpc) is 2.43. The van der Waals surface area contributed by atoms with Crippen molar-refractivity contribution in [2.45, 2.75) is 25.2 Å². The Hall–Kier alpha value is -2.09. The molecule has 116 valence electrons. The molecule has 0 aliphatic carbocycles. The first-order valence-electron chi connectivity index (χ1n) is 6.07. The molecule has 0 heterocycles. The quantitative estimate of drug-likeness (QED) is 0.686. The van der Waals surface area contributed by atoms with E-state index >= 15 is 0 Å². The zero-order chi connectivity index (χ0) is 16.0. The van der Waals surface area contributed by atoms with Crippen LogP contribution in [0.15, 0.2) is 24.3 Å². The summed E-state index contributed by atoms with van der Waals surface area (Å²) in [6, 6.07) is 3.31. The van der Waals surface area contributed by atoms with Gasteiger partial charge in [0.05, 0.1) is 24.3 Å². The summed E-state index contributed by atoms with van der Waals surface area (Å²) >= 11 is 0. The van der Waals surface area contributed by atoms with Crippen molar-refractivity contribution in [3.8, 4) is 0 Å². The molecular weight excluding hydrogens is 289 g/mol. The lowest BCUT2D eigenvalue weighted by Crippen LogP contribution is -2.41. The summed E-state index contributed by atoms with van der Waals surface area (Å²) in [6.45, 7) is 1.26. The molecule has 2 atom stereocenters. The highest BCUT2D eigenvalue weighted by Gasteiger charge is 2.30. The van der Waals surface area contributed by atoms with Gasteiger partial charge in [-0.3, -0.25) is 9.59 Å². The molecule has 8 heteroatoms. The third-order valence-electron chi connectivity index (χ3n) is 2.79. The SMILES string of the molecule is C[C@@H](NC(=O)CNC=O)[C@H](O)c1ccc(C(F)(F)F)cc1. The molecule has 21 heavy (non-hydrogen) atoms. The van der Waals surface area contributed by atoms with Crippen molar-refractivity contribution in [3.63, 3.8) is 0 Å². The lowest BCUT2D eigenvalue weighted by molar-refractivity contribution is -0.137. The van der Waals surface area contributed by atoms with Crippen LogP contribution in [0, 0.1) is 0 Å². The molecular formula is C13H15F3N2O3. The molecule has 1 aromatic carbocycles. The Kier molecular flexibility index (Phi) is 5.71. The number of aliphatic hydroxyl groups is 1. The monoisotopic (exact) mass is 304 g/mol. The zero-order valence-electron chi connectivity index (χ0n) is 11.1. The smallest absolute Gasteiger partial charge is 0.386 e. The minimum absolute atomic E-state index is 0.242. The van der Waals surface area contributed by atoms with Crippen molar-refractivity contribution >= 4 is 12.3 Å². The molecule has 0 unspecified atom stereocenters. The fourth-order valence-electron chi connectivity index (χ4n) is 1.68. The van der Waals surface area contributed by atoms with Crippen LogP contribution in [0.3, 0.4) is 0 Å². The van der Waals surface area contributed by atoms with Crippen LogP contribution in [0.5, 0.6) is 0 Å². The maximum absolute atomic E-state index is 12.4. The number of hydrogen-bond acceptors (Lipinski definition) is 3. The molecule has 0 bridgehead atoms. The molecule has 0 aromatic heterocycles. The van der Waals surface area contributed by atoms with Crippen molar-refractivity contribution < 1.29 is 27.9 Å². The first-order chi connectivity index (χ1) is 9.75. The van der Waals surface area contributed by atoms with Gasteiger partial charge < -0.3 is 15.7 Å². The molecule has 0 aliphatic heterocycles. The number of halogens is 3. The number of alkyl halides is 3. The molecule has 0 saturated heterocycles. The summed E-state index contributed by atoms with van der Waals surface area (Å²) < 4.78 is 37.2. The van der Waals surface area contributed by atoms with E-state index in [9.17, 15) is 27.9 Å². The minimum Gasteiger partial charge on any atom is -0.386 e. The maximum atomic E-state index is 12.4. The average molecular weight is 304 g/mol. The number of hydrogen-bond donors (Lipinski definition) is 3. The fraction of sp³-hybridized carbons (Fsp3) is 0.385. The number of nitrogens with one attached hydrogen (secondary N) is 2. The first kappa shape index (κ1) is 17.0. The van der Waals surface area contributed by atoms with E-state index in [1.54, 1.807) is 0 Å². The summed E-state index contributed by atoms with van der Waals surface area (Å²) in [5, 5.41) is 14.6. The van der Waals surface area contributed by atoms with Gasteiger partial charge in [-0.25, -0.2) is 0 Å². The normalized spacial score (nSPS) is 14.1. The molecule has 3 N–H and O–H groups in total. The molecule has 2 amide bonds. The van der Waals surface area contributed by atoms with Gasteiger partial charge in [0.15, 0.2) is 0 Å². The van der Waals surface area contributed by atoms with E-state index in [2.05, 4.69) is 10.6 Å². The van der Waals surface area contributed by atoms with Crippen LogP contribution in [-0.4, -0.2) is 30.0 Å². The summed E-state index contributed by atoms with van der Waals surface area (Å²) in [7, 11) is 0. The molecule has 0 saturated carbocycles. The molecule has 0 aliphatic rings. The zero-order valence-corrected chi connectivity index (χ0v) is 11.1. The minimum atomic E-state index is -4.44. The number of carbonyl (C=O) groups excluding carboxylic acids is 2. The number of carbonyl (C=O) groups is 2. The van der Waals surface area contributed by atoms with Gasteiger partial charge in [-0.2, -0.15) is 13.2 Å². The van der Waals surface area contributed by atoms with Crippen LogP contribution in [0.1, 0.15) is 24.2 Å². The van der Waals surface area contributed by atoms with Crippen molar-refractivity contribution in [1.82, 2.24) is 10.6 Å². The Morgan fingerprint density at radius 3 is 2.38 bits per heavy atom. The summed E-state index contributed by atoms with van der Waals surface area (Å²) in [5.41, 5.74) is -0.565. The molecule has 0 radical (unpaired) electrons. The van der Waals surface area contributed by atoms with Crippen LogP contribution < -0.4 is 10.6 Å². The van der Waals surface area contributed by atoms with Gasteiger partial charge in [0.2, 0.25) is 12.3 Å². The Labute approximate surface area is 119 Å². The van der Waals surface area contributed by atoms with E-state index in [0.717, 1.165) is 24.3 Å². The van der Waals surface area contributed by atoms with Crippen molar-refractivity contribution in [2.75, 3.05) is 6.54 Å². The van der Waals surface area contributed by atoms with E-state index in [0.29, 0.717) is 6.41 Å². The predicted molar refractivity (Wildman–Crippen MR) is 68.1 cm³/mol. The number of aliphatic hydroxyl groups excluding tert-OH is 1. The van der Waals surface area contributed by atoms with Crippen molar-refractivity contribution in [1.29, 1.82) is 0 Å². The maximum Gasteiger partial charge on any atom is 0.416 e. The van der Waals surface area contributed by atoms with E-state index in [1.807, 2.05) is 0 Å². The highest BCUT2D eigenvalue weighted by molar-refractivity contribution is 5.80. The largest absolute Gasteiger partial charge is 0.416 e. The summed E-state index contributed by atoms with van der Waals surface area (Å²) in [5.74, 6) is -0.513. The molecule has 1 aromatic rings. The third kappa shape index (κ3) is 5.07. The van der Waals surface area contributed by atoms with E-state index in [-0.39, 0.29) is 12.1 Å². The van der Waals surface area contributed by atoms with E-state index in [4.69, 9.17) is 0 Å². The molecule has 5 nitrogen and oxygen atoms in total. The molecule has 0 fully saturated rings. The molecule has 0 spiro atoms. The number of amides is 2. The predicted octanol–water partition coefficient (Wildman–Crippen LogP) is 0.990. The van der Waals surface area contributed by atoms with Gasteiger partial charge in [-0.15, -0.1) is 0 Å². The van der Waals surface area contributed by atoms with Gasteiger partial charge in [-0.05, 0) is 24.6 Å². The number of rotatable bonds is 6. The standard InChI is InChI=1S/C13H15F3N2O3/c1-8(18-11(20)6-17-7-19)12(21)9-2-4-10(5-3-9)13(14,15)16/h2-5,7-8,12,21H,6H2,1H3,(H,17,19)(H,18,20)/t8-,12+/m1/s1. The summed E-state index contributed by atoms with van der Waals surface area (Å²) in [6.07, 6.45) is -5.24. The second-order valence-electron chi connectivity index (χ2n) is 4.42. The lowest BCUT2D eigenvalue weighted by Gasteiger charge is -2.21. The van der Waals surface area contributed by atoms with Gasteiger partial charge >= 0.3 is 6.18 Å². The van der Waals surface area contributed by atoms with Gasteiger partial charge in [-0.1, -0.05) is 12.1 Å². The van der Waals surface area contributed by atoms with E-state index in [1.165, 1.54) is 6.92 Å². The Morgan fingerprint density at radius 2 is 1.90 bits per heavy atom. The molecule has 1 rings (SSSR count). The highest BCUT2D eigenvalue weighted by atomic mass is 19.4. The Balaban J connectivity index is 2.67. The van der Waals surface area contributed by atoms with Crippen molar-refractivity contribution in [3.05, 3.63) is 35.4 Å². The third-order valence-corrected chi connectivity index (χ3v) is 2.79. The van der Waals surface area contributed by atoms with Crippen LogP contribution in [-0.2, 0) is 15.8 Å². The second kappa shape index (κ2) is 7.07. The first-order valence-corrected chi connectivity index (χ1v) is 6.07. The van der Waals surface area contributed by atoms with Gasteiger partial charge in [0, 0.05) is 0 Å². The topological polar surface area (TPSA) is 78.4 Å². The highest BCUT2D eigenvalue weighted by Crippen LogP contribution is 2.30. The number of benzene rings is 1. The van der Waals surface area contributed by atoms with Crippen LogP contribution in [0.2, 0.25) is 0 Å². The Morgan fingerprint density at radius 1 is 1.33 bits per heavy atom. The van der Waals surface area contributed by atoms with Gasteiger partial charge in [0.1, 0.15) is 0 Å².